The molecule has 1 aromatic heterocycles. The number of pyridine rings is 1. The first-order valence-corrected chi connectivity index (χ1v) is 7.64. The van der Waals surface area contributed by atoms with Crippen LogP contribution < -0.4 is 10.7 Å². The molecule has 12 heteroatoms. The van der Waals surface area contributed by atoms with E-state index in [1.807, 2.05) is 0 Å². The van der Waals surface area contributed by atoms with Crippen LogP contribution in [0.25, 0.3) is 0 Å². The van der Waals surface area contributed by atoms with Crippen LogP contribution in [0, 0.1) is 0 Å². The number of urea groups is 1. The fraction of sp³-hybridized carbons (Fsp3) is 0.250. The van der Waals surface area contributed by atoms with Gasteiger partial charge in [0.1, 0.15) is 0 Å². The number of nitrogens with one attached hydrogen (secondary N) is 2. The highest BCUT2D eigenvalue weighted by Crippen LogP contribution is 2.53. The zero-order chi connectivity index (χ0) is 20.7. The molecule has 150 valence electrons. The zero-order valence-electron chi connectivity index (χ0n) is 13.7. The number of nitrogens with zero attached hydrogens (tertiary/aromatic N) is 2. The smallest absolute Gasteiger partial charge is 0.306 e. The highest BCUT2D eigenvalue weighted by molar-refractivity contribution is 5.93. The van der Waals surface area contributed by atoms with Crippen LogP contribution in [-0.2, 0) is 12.2 Å². The number of fused-ring (bicyclic) bond motifs is 1. The predicted octanol–water partition coefficient (Wildman–Crippen LogP) is 4.75. The van der Waals surface area contributed by atoms with Gasteiger partial charge in [0.25, 0.3) is 0 Å². The van der Waals surface area contributed by atoms with Gasteiger partial charge >= 0.3 is 24.1 Å². The molecule has 1 aliphatic heterocycles. The third-order valence-corrected chi connectivity index (χ3v) is 4.03. The molecule has 1 aliphatic rings. The molecule has 2 amide bonds. The van der Waals surface area contributed by atoms with Crippen LogP contribution >= 0.6 is 0 Å². The zero-order valence-corrected chi connectivity index (χ0v) is 13.7. The van der Waals surface area contributed by atoms with Gasteiger partial charge in [0.2, 0.25) is 0 Å². The van der Waals surface area contributed by atoms with E-state index < -0.39 is 36.2 Å². The first kappa shape index (κ1) is 19.7. The molecule has 5 nitrogen and oxygen atoms in total. The maximum absolute atomic E-state index is 14.3. The molecule has 0 unspecified atom stereocenters. The molecule has 2 N–H and O–H groups in total. The lowest BCUT2D eigenvalue weighted by Gasteiger charge is -2.33. The Bertz CT molecular complexity index is 869. The fourth-order valence-corrected chi connectivity index (χ4v) is 2.65. The van der Waals surface area contributed by atoms with Gasteiger partial charge in [-0.05, 0) is 29.8 Å². The average Bonchev–Trinajstić information content (AvgIpc) is 2.60. The second-order valence-corrected chi connectivity index (χ2v) is 5.90. The Labute approximate surface area is 153 Å². The van der Waals surface area contributed by atoms with Crippen molar-refractivity contribution in [1.82, 2.24) is 9.99 Å². The standard InChI is InChI=1S/C16H11F7N4O/c17-14(15(18,19)20,16(21,22)23)10-3-4-12-9(6-10)8-27(13(28)25-12)26-11-2-1-5-24-7-11/h1-7,26H,8H2,(H,25,28). The minimum Gasteiger partial charge on any atom is -0.306 e. The number of benzene rings is 1. The van der Waals surface area contributed by atoms with E-state index in [0.29, 0.717) is 17.8 Å². The maximum atomic E-state index is 14.3. The largest absolute Gasteiger partial charge is 0.435 e. The van der Waals surface area contributed by atoms with Gasteiger partial charge in [0.05, 0.1) is 18.4 Å². The second-order valence-electron chi connectivity index (χ2n) is 5.90. The molecule has 0 saturated carbocycles. The van der Waals surface area contributed by atoms with Crippen LogP contribution in [0.15, 0.2) is 42.7 Å². The molecule has 2 heterocycles. The van der Waals surface area contributed by atoms with Crippen molar-refractivity contribution in [1.29, 1.82) is 0 Å². The first-order chi connectivity index (χ1) is 12.9. The number of alkyl halides is 7. The van der Waals surface area contributed by atoms with Crippen molar-refractivity contribution in [2.75, 3.05) is 10.7 Å². The normalized spacial score (nSPS) is 15.1. The summed E-state index contributed by atoms with van der Waals surface area (Å²) in [5, 5.41) is 3.21. The summed E-state index contributed by atoms with van der Waals surface area (Å²) in [6.45, 7) is -0.407. The molecular formula is C16H11F7N4O. The molecule has 3 rings (SSSR count). The number of aromatic nitrogens is 1. The molecule has 0 spiro atoms. The number of carbonyl (C=O) groups excluding carboxylic acids is 1. The highest BCUT2D eigenvalue weighted by atomic mass is 19.4. The number of rotatable bonds is 3. The van der Waals surface area contributed by atoms with E-state index in [0.717, 1.165) is 11.1 Å². The molecule has 0 fully saturated rings. The van der Waals surface area contributed by atoms with Gasteiger partial charge in [-0.2, -0.15) is 26.3 Å². The third-order valence-electron chi connectivity index (χ3n) is 4.03. The van der Waals surface area contributed by atoms with Crippen molar-refractivity contribution in [2.24, 2.45) is 0 Å². The van der Waals surface area contributed by atoms with Gasteiger partial charge in [-0.25, -0.2) is 14.2 Å². The molecule has 0 aliphatic carbocycles. The number of halogens is 7. The SMILES string of the molecule is O=C1Nc2ccc(C(F)(C(F)(F)F)C(F)(F)F)cc2CN1Nc1cccnc1. The molecule has 0 saturated heterocycles. The average molecular weight is 408 g/mol. The summed E-state index contributed by atoms with van der Waals surface area (Å²) in [5.41, 5.74) is -4.36. The minimum atomic E-state index is -6.22. The van der Waals surface area contributed by atoms with E-state index in [9.17, 15) is 35.5 Å². The highest BCUT2D eigenvalue weighted by Gasteiger charge is 2.73. The maximum Gasteiger partial charge on any atom is 0.435 e. The quantitative estimate of drug-likeness (QED) is 0.721. The summed E-state index contributed by atoms with van der Waals surface area (Å²) in [6.07, 6.45) is -9.63. The minimum absolute atomic E-state index is 0.0234. The number of hydrogen-bond donors (Lipinski definition) is 2. The van der Waals surface area contributed by atoms with Crippen LogP contribution in [0.3, 0.4) is 0 Å². The van der Waals surface area contributed by atoms with Crippen LogP contribution in [0.2, 0.25) is 0 Å². The van der Waals surface area contributed by atoms with E-state index in [2.05, 4.69) is 15.7 Å². The molecule has 0 atom stereocenters. The molecule has 2 aromatic rings. The molecule has 1 aromatic carbocycles. The topological polar surface area (TPSA) is 57.3 Å². The van der Waals surface area contributed by atoms with Crippen LogP contribution in [0.5, 0.6) is 0 Å². The van der Waals surface area contributed by atoms with Crippen LogP contribution in [0.1, 0.15) is 11.1 Å². The Kier molecular flexibility index (Phi) is 4.60. The lowest BCUT2D eigenvalue weighted by molar-refractivity contribution is -0.348. The number of hydrogen-bond acceptors (Lipinski definition) is 3. The van der Waals surface area contributed by atoms with E-state index >= 15 is 0 Å². The van der Waals surface area contributed by atoms with Crippen molar-refractivity contribution >= 4 is 17.4 Å². The van der Waals surface area contributed by atoms with E-state index in [1.54, 1.807) is 6.07 Å². The predicted molar refractivity (Wildman–Crippen MR) is 83.8 cm³/mol. The fourth-order valence-electron chi connectivity index (χ4n) is 2.65. The van der Waals surface area contributed by atoms with Gasteiger partial charge in [-0.3, -0.25) is 10.4 Å². The second kappa shape index (κ2) is 6.53. The number of anilines is 2. The summed E-state index contributed by atoms with van der Waals surface area (Å²) >= 11 is 0. The van der Waals surface area contributed by atoms with Crippen molar-refractivity contribution < 1.29 is 35.5 Å². The Morgan fingerprint density at radius 2 is 1.71 bits per heavy atom. The number of carbonyl (C=O) groups is 1. The van der Waals surface area contributed by atoms with Crippen molar-refractivity contribution in [3.05, 3.63) is 53.9 Å². The molecular weight excluding hydrogens is 397 g/mol. The Hall–Kier alpha value is -3.05. The lowest BCUT2D eigenvalue weighted by Crippen LogP contribution is -2.50. The Morgan fingerprint density at radius 1 is 1.04 bits per heavy atom. The summed E-state index contributed by atoms with van der Waals surface area (Å²) in [6, 6.07) is 3.96. The van der Waals surface area contributed by atoms with Crippen molar-refractivity contribution in [3.8, 4) is 0 Å². The summed E-state index contributed by atoms with van der Waals surface area (Å²) in [5.74, 6) is 0. The molecule has 28 heavy (non-hydrogen) atoms. The van der Waals surface area contributed by atoms with Crippen LogP contribution in [-0.4, -0.2) is 28.4 Å². The van der Waals surface area contributed by atoms with E-state index in [1.165, 1.54) is 18.5 Å². The van der Waals surface area contributed by atoms with E-state index in [4.69, 9.17) is 0 Å². The van der Waals surface area contributed by atoms with Crippen molar-refractivity contribution in [3.63, 3.8) is 0 Å². The van der Waals surface area contributed by atoms with Crippen molar-refractivity contribution in [2.45, 2.75) is 24.6 Å². The first-order valence-electron chi connectivity index (χ1n) is 7.64. The molecule has 0 bridgehead atoms. The number of amides is 2. The van der Waals surface area contributed by atoms with Gasteiger partial charge < -0.3 is 5.32 Å². The lowest BCUT2D eigenvalue weighted by atomic mass is 9.91. The van der Waals surface area contributed by atoms with Gasteiger partial charge in [0, 0.05) is 17.4 Å². The Morgan fingerprint density at radius 3 is 2.29 bits per heavy atom. The molecule has 0 radical (unpaired) electrons. The summed E-state index contributed by atoms with van der Waals surface area (Å²) in [4.78, 5) is 15.9. The summed E-state index contributed by atoms with van der Waals surface area (Å²) < 4.78 is 92.0. The monoisotopic (exact) mass is 408 g/mol. The summed E-state index contributed by atoms with van der Waals surface area (Å²) in [7, 11) is 0. The third kappa shape index (κ3) is 3.29. The Balaban J connectivity index is 1.97. The van der Waals surface area contributed by atoms with E-state index in [-0.39, 0.29) is 11.3 Å². The van der Waals surface area contributed by atoms with Gasteiger partial charge in [-0.15, -0.1) is 0 Å². The van der Waals surface area contributed by atoms with Gasteiger partial charge in [0.15, 0.2) is 0 Å². The van der Waals surface area contributed by atoms with Gasteiger partial charge in [-0.1, -0.05) is 6.07 Å². The van der Waals surface area contributed by atoms with Crippen LogP contribution in [0.4, 0.5) is 46.9 Å². The number of hydrazine groups is 1.